The molecule has 0 saturated carbocycles. The molecule has 3 aromatic rings. The Balaban J connectivity index is 1.57. The van der Waals surface area contributed by atoms with E-state index in [1.54, 1.807) is 12.1 Å². The highest BCUT2D eigenvalue weighted by molar-refractivity contribution is 5.84. The van der Waals surface area contributed by atoms with Crippen LogP contribution in [0.1, 0.15) is 29.2 Å². The molecule has 6 heteroatoms. The number of halogens is 1. The molecule has 1 aromatic heterocycles. The summed E-state index contributed by atoms with van der Waals surface area (Å²) < 4.78 is 13.2. The van der Waals surface area contributed by atoms with Gasteiger partial charge in [0.25, 0.3) is 0 Å². The SMILES string of the molecule is NCCC(C(=O)N1Cc2[nH]nc(-c3ccc(F)cc3)c2C1)c1ccccc1. The molecular formula is C21H21FN4O. The first kappa shape index (κ1) is 17.4. The monoisotopic (exact) mass is 364 g/mol. The normalized spacial score (nSPS) is 14.2. The van der Waals surface area contributed by atoms with Gasteiger partial charge in [0.05, 0.1) is 30.4 Å². The summed E-state index contributed by atoms with van der Waals surface area (Å²) in [7, 11) is 0. The summed E-state index contributed by atoms with van der Waals surface area (Å²) in [5, 5.41) is 7.40. The van der Waals surface area contributed by atoms with Gasteiger partial charge in [-0.3, -0.25) is 9.89 Å². The van der Waals surface area contributed by atoms with Gasteiger partial charge in [0.15, 0.2) is 0 Å². The van der Waals surface area contributed by atoms with Crippen LogP contribution in [0.25, 0.3) is 11.3 Å². The van der Waals surface area contributed by atoms with Crippen LogP contribution in [-0.4, -0.2) is 27.5 Å². The van der Waals surface area contributed by atoms with Gasteiger partial charge in [-0.2, -0.15) is 5.10 Å². The van der Waals surface area contributed by atoms with Crippen LogP contribution in [0.3, 0.4) is 0 Å². The first-order valence-electron chi connectivity index (χ1n) is 9.03. The van der Waals surface area contributed by atoms with E-state index in [-0.39, 0.29) is 17.6 Å². The summed E-state index contributed by atoms with van der Waals surface area (Å²) >= 11 is 0. The number of rotatable bonds is 5. The minimum absolute atomic E-state index is 0.0707. The fourth-order valence-electron chi connectivity index (χ4n) is 3.65. The molecular weight excluding hydrogens is 343 g/mol. The molecule has 3 N–H and O–H groups in total. The first-order chi connectivity index (χ1) is 13.2. The number of aromatic amines is 1. The third kappa shape index (κ3) is 3.36. The van der Waals surface area contributed by atoms with E-state index in [9.17, 15) is 9.18 Å². The number of carbonyl (C=O) groups is 1. The number of nitrogens with one attached hydrogen (secondary N) is 1. The van der Waals surface area contributed by atoms with E-state index in [1.165, 1.54) is 12.1 Å². The number of H-pyrrole nitrogens is 1. The number of benzene rings is 2. The van der Waals surface area contributed by atoms with Crippen LogP contribution in [0.15, 0.2) is 54.6 Å². The van der Waals surface area contributed by atoms with Crippen molar-refractivity contribution >= 4 is 5.91 Å². The second kappa shape index (κ2) is 7.32. The van der Waals surface area contributed by atoms with Gasteiger partial charge in [-0.1, -0.05) is 30.3 Å². The van der Waals surface area contributed by atoms with Crippen molar-refractivity contribution in [2.75, 3.05) is 6.54 Å². The molecule has 0 saturated heterocycles. The Hall–Kier alpha value is -2.99. The van der Waals surface area contributed by atoms with Crippen LogP contribution in [0.5, 0.6) is 0 Å². The summed E-state index contributed by atoms with van der Waals surface area (Å²) in [5.74, 6) is -0.459. The number of hydrogen-bond donors (Lipinski definition) is 2. The number of nitrogens with two attached hydrogens (primary N) is 1. The van der Waals surface area contributed by atoms with Gasteiger partial charge in [-0.05, 0) is 42.8 Å². The smallest absolute Gasteiger partial charge is 0.230 e. The molecule has 1 unspecified atom stereocenters. The number of amides is 1. The summed E-state index contributed by atoms with van der Waals surface area (Å²) in [5.41, 5.74) is 10.3. The molecule has 1 atom stereocenters. The average molecular weight is 364 g/mol. The maximum absolute atomic E-state index is 13.2. The summed E-state index contributed by atoms with van der Waals surface area (Å²) in [4.78, 5) is 15.0. The Labute approximate surface area is 157 Å². The van der Waals surface area contributed by atoms with Crippen LogP contribution in [0.4, 0.5) is 4.39 Å². The maximum Gasteiger partial charge on any atom is 0.230 e. The van der Waals surface area contributed by atoms with Crippen LogP contribution in [0, 0.1) is 5.82 Å². The topological polar surface area (TPSA) is 75.0 Å². The molecule has 1 aliphatic heterocycles. The zero-order valence-electron chi connectivity index (χ0n) is 14.9. The fraction of sp³-hybridized carbons (Fsp3) is 0.238. The first-order valence-corrected chi connectivity index (χ1v) is 9.03. The van der Waals surface area contributed by atoms with Crippen LogP contribution in [-0.2, 0) is 17.9 Å². The number of fused-ring (bicyclic) bond motifs is 1. The third-order valence-electron chi connectivity index (χ3n) is 5.04. The second-order valence-electron chi connectivity index (χ2n) is 6.77. The van der Waals surface area contributed by atoms with E-state index in [4.69, 9.17) is 5.73 Å². The lowest BCUT2D eigenvalue weighted by molar-refractivity contribution is -0.133. The number of nitrogens with zero attached hydrogens (tertiary/aromatic N) is 2. The predicted octanol–water partition coefficient (Wildman–Crippen LogP) is 3.19. The van der Waals surface area contributed by atoms with Crippen molar-refractivity contribution in [1.29, 1.82) is 0 Å². The lowest BCUT2D eigenvalue weighted by atomic mass is 9.94. The van der Waals surface area contributed by atoms with Gasteiger partial charge in [0.1, 0.15) is 5.82 Å². The Morgan fingerprint density at radius 3 is 2.59 bits per heavy atom. The van der Waals surface area contributed by atoms with Crippen molar-refractivity contribution in [3.63, 3.8) is 0 Å². The van der Waals surface area contributed by atoms with Crippen molar-refractivity contribution in [3.05, 3.63) is 77.2 Å². The highest BCUT2D eigenvalue weighted by Gasteiger charge is 2.32. The molecule has 2 heterocycles. The van der Waals surface area contributed by atoms with Crippen molar-refractivity contribution in [3.8, 4) is 11.3 Å². The lowest BCUT2D eigenvalue weighted by Gasteiger charge is -2.23. The van der Waals surface area contributed by atoms with E-state index in [0.717, 1.165) is 28.1 Å². The molecule has 0 spiro atoms. The van der Waals surface area contributed by atoms with Gasteiger partial charge < -0.3 is 10.6 Å². The maximum atomic E-state index is 13.2. The largest absolute Gasteiger partial charge is 0.332 e. The van der Waals surface area contributed by atoms with Crippen LogP contribution in [0.2, 0.25) is 0 Å². The molecule has 27 heavy (non-hydrogen) atoms. The Morgan fingerprint density at radius 1 is 1.15 bits per heavy atom. The van der Waals surface area contributed by atoms with Crippen LogP contribution < -0.4 is 5.73 Å². The number of aromatic nitrogens is 2. The molecule has 4 rings (SSSR count). The van der Waals surface area contributed by atoms with Gasteiger partial charge in [-0.15, -0.1) is 0 Å². The molecule has 0 aliphatic carbocycles. The highest BCUT2D eigenvalue weighted by atomic mass is 19.1. The van der Waals surface area contributed by atoms with E-state index < -0.39 is 0 Å². The van der Waals surface area contributed by atoms with E-state index in [2.05, 4.69) is 10.2 Å². The molecule has 138 valence electrons. The zero-order valence-corrected chi connectivity index (χ0v) is 14.9. The number of carbonyl (C=O) groups excluding carboxylic acids is 1. The molecule has 1 aliphatic rings. The fourth-order valence-corrected chi connectivity index (χ4v) is 3.65. The quantitative estimate of drug-likeness (QED) is 0.730. The molecule has 0 fully saturated rings. The van der Waals surface area contributed by atoms with Crippen molar-refractivity contribution < 1.29 is 9.18 Å². The van der Waals surface area contributed by atoms with E-state index in [1.807, 2.05) is 35.2 Å². The minimum Gasteiger partial charge on any atom is -0.332 e. The zero-order chi connectivity index (χ0) is 18.8. The van der Waals surface area contributed by atoms with Crippen molar-refractivity contribution in [2.24, 2.45) is 5.73 Å². The van der Waals surface area contributed by atoms with Crippen molar-refractivity contribution in [2.45, 2.75) is 25.4 Å². The Morgan fingerprint density at radius 2 is 1.89 bits per heavy atom. The highest BCUT2D eigenvalue weighted by Crippen LogP contribution is 2.33. The van der Waals surface area contributed by atoms with Crippen molar-refractivity contribution in [1.82, 2.24) is 15.1 Å². The minimum atomic E-state index is -0.282. The predicted molar refractivity (Wildman–Crippen MR) is 101 cm³/mol. The Kier molecular flexibility index (Phi) is 4.73. The van der Waals surface area contributed by atoms with E-state index in [0.29, 0.717) is 26.1 Å². The average Bonchev–Trinajstić information content (AvgIpc) is 3.28. The Bertz CT molecular complexity index is 937. The van der Waals surface area contributed by atoms with Gasteiger partial charge in [0.2, 0.25) is 5.91 Å². The molecule has 0 radical (unpaired) electrons. The molecule has 0 bridgehead atoms. The van der Waals surface area contributed by atoms with Gasteiger partial charge in [-0.25, -0.2) is 4.39 Å². The van der Waals surface area contributed by atoms with Crippen LogP contribution >= 0.6 is 0 Å². The summed E-state index contributed by atoms with van der Waals surface area (Å²) in [6, 6.07) is 16.0. The second-order valence-corrected chi connectivity index (χ2v) is 6.77. The standard InChI is InChI=1S/C21H21FN4O/c22-16-8-6-15(7-9-16)20-18-12-26(13-19(18)24-25-20)21(27)17(10-11-23)14-4-2-1-3-5-14/h1-9,17H,10-13,23H2,(H,24,25). The van der Waals surface area contributed by atoms with E-state index >= 15 is 0 Å². The lowest BCUT2D eigenvalue weighted by Crippen LogP contribution is -2.32. The molecule has 5 nitrogen and oxygen atoms in total. The van der Waals surface area contributed by atoms with Gasteiger partial charge >= 0.3 is 0 Å². The molecule has 2 aromatic carbocycles. The summed E-state index contributed by atoms with van der Waals surface area (Å²) in [6.45, 7) is 1.44. The summed E-state index contributed by atoms with van der Waals surface area (Å²) in [6.07, 6.45) is 0.607. The number of hydrogen-bond acceptors (Lipinski definition) is 3. The molecule has 1 amide bonds. The third-order valence-corrected chi connectivity index (χ3v) is 5.04. The van der Waals surface area contributed by atoms with Gasteiger partial charge in [0, 0.05) is 11.1 Å².